The highest BCUT2D eigenvalue weighted by atomic mass is 16.5. The van der Waals surface area contributed by atoms with Crippen molar-refractivity contribution in [3.8, 4) is 0 Å². The highest BCUT2D eigenvalue weighted by Crippen LogP contribution is 1.89. The lowest BCUT2D eigenvalue weighted by Crippen LogP contribution is -2.00. The largest absolute Gasteiger partial charge is 0.499 e. The number of allylic oxidation sites excluding steroid dienone is 1. The zero-order chi connectivity index (χ0) is 8.53. The first kappa shape index (κ1) is 10.2. The van der Waals surface area contributed by atoms with Gasteiger partial charge >= 0.3 is 0 Å². The first-order chi connectivity index (χ1) is 5.27. The van der Waals surface area contributed by atoms with Crippen LogP contribution in [0.5, 0.6) is 0 Å². The molecule has 0 amide bonds. The molecule has 64 valence electrons. The van der Waals surface area contributed by atoms with E-state index >= 15 is 0 Å². The second-order valence-electron chi connectivity index (χ2n) is 2.43. The first-order valence-corrected chi connectivity index (χ1v) is 3.71. The minimum atomic E-state index is 0.595. The van der Waals surface area contributed by atoms with E-state index < -0.39 is 0 Å². The van der Waals surface area contributed by atoms with Gasteiger partial charge in [-0.3, -0.25) is 0 Å². The van der Waals surface area contributed by atoms with Gasteiger partial charge in [0.1, 0.15) is 6.61 Å². The number of ether oxygens (including phenoxy) is 2. The summed E-state index contributed by atoms with van der Waals surface area (Å²) in [5.74, 6) is 0. The molecule has 0 N–H and O–H groups in total. The average Bonchev–Trinajstić information content (AvgIpc) is 1.96. The van der Waals surface area contributed by atoms with E-state index in [0.29, 0.717) is 19.8 Å². The minimum absolute atomic E-state index is 0.595. The molecule has 2 heteroatoms. The molecule has 0 fully saturated rings. The van der Waals surface area contributed by atoms with Crippen LogP contribution in [0, 0.1) is 0 Å². The van der Waals surface area contributed by atoms with Crippen molar-refractivity contribution in [3.63, 3.8) is 0 Å². The summed E-state index contributed by atoms with van der Waals surface area (Å²) in [6.45, 7) is 9.34. The molecule has 0 atom stereocenters. The molecule has 0 aromatic heterocycles. The van der Waals surface area contributed by atoms with Crippen LogP contribution >= 0.6 is 0 Å². The molecule has 0 aliphatic rings. The lowest BCUT2D eigenvalue weighted by molar-refractivity contribution is 0.102. The van der Waals surface area contributed by atoms with Gasteiger partial charge in [0.15, 0.2) is 0 Å². The van der Waals surface area contributed by atoms with Gasteiger partial charge in [-0.15, -0.1) is 6.58 Å². The Morgan fingerprint density at radius 2 is 2.09 bits per heavy atom. The van der Waals surface area contributed by atoms with Gasteiger partial charge < -0.3 is 9.47 Å². The molecule has 0 radical (unpaired) electrons. The average molecular weight is 156 g/mol. The molecule has 0 rings (SSSR count). The van der Waals surface area contributed by atoms with Crippen molar-refractivity contribution in [2.75, 3.05) is 19.8 Å². The Bertz CT molecular complexity index is 124. The molecular formula is C9H16O2. The summed E-state index contributed by atoms with van der Waals surface area (Å²) >= 11 is 0. The summed E-state index contributed by atoms with van der Waals surface area (Å²) in [5.41, 5.74) is 1.16. The van der Waals surface area contributed by atoms with Gasteiger partial charge in [0, 0.05) is 0 Å². The lowest BCUT2D eigenvalue weighted by Gasteiger charge is -2.01. The van der Waals surface area contributed by atoms with Gasteiger partial charge in [-0.1, -0.05) is 6.08 Å². The van der Waals surface area contributed by atoms with Crippen molar-refractivity contribution >= 4 is 0 Å². The third-order valence-corrected chi connectivity index (χ3v) is 0.900. The third-order valence-electron chi connectivity index (χ3n) is 0.900. The van der Waals surface area contributed by atoms with Crippen molar-refractivity contribution in [1.82, 2.24) is 0 Å². The smallest absolute Gasteiger partial charge is 0.111 e. The summed E-state index contributed by atoms with van der Waals surface area (Å²) in [6.07, 6.45) is 3.46. The molecule has 11 heavy (non-hydrogen) atoms. The van der Waals surface area contributed by atoms with Crippen molar-refractivity contribution < 1.29 is 9.47 Å². The van der Waals surface area contributed by atoms with Crippen LogP contribution in [0.25, 0.3) is 0 Å². The van der Waals surface area contributed by atoms with E-state index in [1.54, 1.807) is 12.3 Å². The molecule has 0 unspecified atom stereocenters. The lowest BCUT2D eigenvalue weighted by atomic mass is 10.4. The number of hydrogen-bond donors (Lipinski definition) is 0. The summed E-state index contributed by atoms with van der Waals surface area (Å²) < 4.78 is 10.2. The monoisotopic (exact) mass is 156 g/mol. The molecule has 2 nitrogen and oxygen atoms in total. The summed E-state index contributed by atoms with van der Waals surface area (Å²) in [5, 5.41) is 0. The standard InChI is InChI=1S/C9H16O2/c1-4-5-10-6-7-11-8-9(2)3/h4,8H,1,5-7H2,2-3H3. The van der Waals surface area contributed by atoms with E-state index in [1.807, 2.05) is 13.8 Å². The molecular weight excluding hydrogens is 140 g/mol. The van der Waals surface area contributed by atoms with Crippen LogP contribution in [0.1, 0.15) is 13.8 Å². The van der Waals surface area contributed by atoms with Crippen LogP contribution in [0.15, 0.2) is 24.5 Å². The van der Waals surface area contributed by atoms with Crippen LogP contribution in [0.4, 0.5) is 0 Å². The van der Waals surface area contributed by atoms with Gasteiger partial charge in [-0.05, 0) is 19.4 Å². The molecule has 0 aliphatic heterocycles. The summed E-state index contributed by atoms with van der Waals surface area (Å²) in [7, 11) is 0. The maximum absolute atomic E-state index is 5.12. The van der Waals surface area contributed by atoms with Gasteiger partial charge in [0.05, 0.1) is 19.5 Å². The van der Waals surface area contributed by atoms with E-state index in [4.69, 9.17) is 9.47 Å². The number of hydrogen-bond acceptors (Lipinski definition) is 2. The zero-order valence-electron chi connectivity index (χ0n) is 7.30. The van der Waals surface area contributed by atoms with Gasteiger partial charge in [0.2, 0.25) is 0 Å². The molecule has 0 bridgehead atoms. The maximum atomic E-state index is 5.12. The first-order valence-electron chi connectivity index (χ1n) is 3.71. The topological polar surface area (TPSA) is 18.5 Å². The van der Waals surface area contributed by atoms with E-state index in [-0.39, 0.29) is 0 Å². The molecule has 0 aliphatic carbocycles. The van der Waals surface area contributed by atoms with Gasteiger partial charge in [-0.2, -0.15) is 0 Å². The van der Waals surface area contributed by atoms with E-state index in [1.165, 1.54) is 0 Å². The molecule has 0 heterocycles. The quantitative estimate of drug-likeness (QED) is 0.333. The van der Waals surface area contributed by atoms with Crippen LogP contribution in [0.2, 0.25) is 0 Å². The minimum Gasteiger partial charge on any atom is -0.499 e. The van der Waals surface area contributed by atoms with Crippen molar-refractivity contribution in [3.05, 3.63) is 24.5 Å². The van der Waals surface area contributed by atoms with Crippen LogP contribution in [-0.4, -0.2) is 19.8 Å². The predicted molar refractivity (Wildman–Crippen MR) is 46.4 cm³/mol. The van der Waals surface area contributed by atoms with Crippen LogP contribution in [0.3, 0.4) is 0 Å². The van der Waals surface area contributed by atoms with Crippen molar-refractivity contribution in [2.45, 2.75) is 13.8 Å². The SMILES string of the molecule is C=CCOCCOC=C(C)C. The summed E-state index contributed by atoms with van der Waals surface area (Å²) in [6, 6.07) is 0. The molecule has 0 saturated heterocycles. The molecule has 0 spiro atoms. The normalized spacial score (nSPS) is 8.91. The Morgan fingerprint density at radius 1 is 1.36 bits per heavy atom. The van der Waals surface area contributed by atoms with Crippen molar-refractivity contribution in [2.24, 2.45) is 0 Å². The maximum Gasteiger partial charge on any atom is 0.111 e. The van der Waals surface area contributed by atoms with E-state index in [9.17, 15) is 0 Å². The Labute approximate surface area is 68.5 Å². The Hall–Kier alpha value is -0.760. The highest BCUT2D eigenvalue weighted by Gasteiger charge is 1.83. The second kappa shape index (κ2) is 7.35. The Morgan fingerprint density at radius 3 is 2.64 bits per heavy atom. The van der Waals surface area contributed by atoms with E-state index in [0.717, 1.165) is 5.57 Å². The molecule has 0 aromatic rings. The molecule has 0 aromatic carbocycles. The summed E-state index contributed by atoms with van der Waals surface area (Å²) in [4.78, 5) is 0. The zero-order valence-corrected chi connectivity index (χ0v) is 7.30. The highest BCUT2D eigenvalue weighted by molar-refractivity contribution is 4.86. The fourth-order valence-electron chi connectivity index (χ4n) is 0.499. The Balaban J connectivity index is 3.02. The second-order valence-corrected chi connectivity index (χ2v) is 2.43. The fraction of sp³-hybridized carbons (Fsp3) is 0.556. The van der Waals surface area contributed by atoms with Crippen molar-refractivity contribution in [1.29, 1.82) is 0 Å². The molecule has 0 saturated carbocycles. The predicted octanol–water partition coefficient (Wildman–Crippen LogP) is 2.13. The third kappa shape index (κ3) is 9.24. The van der Waals surface area contributed by atoms with Crippen LogP contribution in [-0.2, 0) is 9.47 Å². The van der Waals surface area contributed by atoms with Gasteiger partial charge in [-0.25, -0.2) is 0 Å². The Kier molecular flexibility index (Phi) is 6.84. The fourth-order valence-corrected chi connectivity index (χ4v) is 0.499. The number of rotatable bonds is 6. The van der Waals surface area contributed by atoms with Gasteiger partial charge in [0.25, 0.3) is 0 Å². The van der Waals surface area contributed by atoms with Crippen LogP contribution < -0.4 is 0 Å². The van der Waals surface area contributed by atoms with E-state index in [2.05, 4.69) is 6.58 Å².